The topological polar surface area (TPSA) is 73.8 Å². The van der Waals surface area contributed by atoms with E-state index in [9.17, 15) is 0 Å². The van der Waals surface area contributed by atoms with Gasteiger partial charge in [-0.3, -0.25) is 0 Å². The molecule has 4 aromatic rings. The Morgan fingerprint density at radius 3 is 1.06 bits per heavy atom. The first-order valence-electron chi connectivity index (χ1n) is 23.3. The van der Waals surface area contributed by atoms with Crippen LogP contribution in [0, 0.1) is 0 Å². The molecule has 0 saturated carbocycles. The molecule has 0 aliphatic carbocycles. The first kappa shape index (κ1) is 49.9. The Balaban J connectivity index is 1.12. The van der Waals surface area contributed by atoms with Crippen LogP contribution < -0.4 is 20.7 Å². The van der Waals surface area contributed by atoms with Crippen molar-refractivity contribution in [3.8, 4) is 0 Å². The second kappa shape index (κ2) is 22.8. The molecule has 10 heteroatoms. The van der Waals surface area contributed by atoms with Crippen LogP contribution in [-0.2, 0) is 37.3 Å². The lowest BCUT2D eigenvalue weighted by molar-refractivity contribution is -0.254. The van der Waals surface area contributed by atoms with Gasteiger partial charge < -0.3 is 37.3 Å². The van der Waals surface area contributed by atoms with Crippen molar-refractivity contribution in [2.45, 2.75) is 140 Å². The molecule has 0 unspecified atom stereocenters. The first-order valence-corrected chi connectivity index (χ1v) is 27.1. The van der Waals surface area contributed by atoms with E-state index < -0.39 is 29.2 Å². The van der Waals surface area contributed by atoms with Gasteiger partial charge in [-0.2, -0.15) is 0 Å². The van der Waals surface area contributed by atoms with Crippen LogP contribution in [0.4, 0.5) is 0 Å². The summed E-state index contributed by atoms with van der Waals surface area (Å²) in [5.41, 5.74) is 0. The molecule has 8 atom stereocenters. The Morgan fingerprint density at radius 1 is 0.500 bits per heavy atom. The monoisotopic (exact) mass is 906 g/mol. The summed E-state index contributed by atoms with van der Waals surface area (Å²) >= 11 is 0. The maximum absolute atomic E-state index is 7.65. The van der Waals surface area contributed by atoms with E-state index in [1.54, 1.807) is 12.2 Å². The molecule has 0 N–H and O–H groups in total. The van der Waals surface area contributed by atoms with Gasteiger partial charge in [0.1, 0.15) is 12.2 Å². The van der Waals surface area contributed by atoms with E-state index in [1.807, 2.05) is 0 Å². The Bertz CT molecular complexity index is 1760. The minimum absolute atomic E-state index is 0.191. The number of hydrogen-bond donors (Lipinski definition) is 0. The zero-order chi connectivity index (χ0) is 45.8. The van der Waals surface area contributed by atoms with E-state index in [4.69, 9.17) is 37.3 Å². The third kappa shape index (κ3) is 11.5. The molecule has 64 heavy (non-hydrogen) atoms. The maximum atomic E-state index is 7.65. The lowest BCUT2D eigenvalue weighted by Crippen LogP contribution is -2.69. The molecule has 2 aliphatic rings. The minimum Gasteiger partial charge on any atom is -0.402 e. The van der Waals surface area contributed by atoms with Gasteiger partial charge in [-0.25, -0.2) is 0 Å². The third-order valence-electron chi connectivity index (χ3n) is 12.7. The summed E-state index contributed by atoms with van der Waals surface area (Å²) in [7, 11) is -5.77. The van der Waals surface area contributed by atoms with Gasteiger partial charge in [0.15, 0.2) is 12.6 Å². The summed E-state index contributed by atoms with van der Waals surface area (Å²) in [5.74, 6) is 0. The van der Waals surface area contributed by atoms with Crippen LogP contribution in [0.5, 0.6) is 0 Å². The molecule has 2 aliphatic heterocycles. The zero-order valence-corrected chi connectivity index (χ0v) is 41.7. The van der Waals surface area contributed by atoms with Crippen molar-refractivity contribution in [1.82, 2.24) is 0 Å². The Hall–Kier alpha value is -3.53. The van der Waals surface area contributed by atoms with Crippen molar-refractivity contribution in [1.29, 1.82) is 0 Å². The van der Waals surface area contributed by atoms with E-state index in [-0.39, 0.29) is 46.7 Å². The summed E-state index contributed by atoms with van der Waals surface area (Å²) in [6.07, 6.45) is 3.71. The number of ether oxygens (including phenoxy) is 6. The van der Waals surface area contributed by atoms with Crippen LogP contribution in [0.25, 0.3) is 0 Å². The zero-order valence-electron chi connectivity index (χ0n) is 39.7. The van der Waals surface area contributed by atoms with E-state index in [1.165, 1.54) is 20.7 Å². The van der Waals surface area contributed by atoms with E-state index in [2.05, 4.69) is 190 Å². The second-order valence-corrected chi connectivity index (χ2v) is 27.8. The van der Waals surface area contributed by atoms with Gasteiger partial charge in [0.2, 0.25) is 0 Å². The van der Waals surface area contributed by atoms with Gasteiger partial charge in [0, 0.05) is 26.1 Å². The first-order chi connectivity index (χ1) is 30.7. The van der Waals surface area contributed by atoms with Crippen molar-refractivity contribution in [2.75, 3.05) is 26.4 Å². The lowest BCUT2D eigenvalue weighted by atomic mass is 10.0. The average molecular weight is 907 g/mol. The van der Waals surface area contributed by atoms with Gasteiger partial charge in [0.25, 0.3) is 16.6 Å². The molecule has 0 amide bonds. The quantitative estimate of drug-likeness (QED) is 0.0466. The molecule has 0 spiro atoms. The van der Waals surface area contributed by atoms with E-state index >= 15 is 0 Å². The second-order valence-electron chi connectivity index (χ2n) is 19.3. The van der Waals surface area contributed by atoms with Gasteiger partial charge >= 0.3 is 0 Å². The van der Waals surface area contributed by atoms with Gasteiger partial charge in [-0.1, -0.05) is 175 Å². The van der Waals surface area contributed by atoms with E-state index in [0.717, 1.165) is 12.8 Å². The summed E-state index contributed by atoms with van der Waals surface area (Å²) < 4.78 is 54.2. The fourth-order valence-electron chi connectivity index (χ4n) is 9.76. The number of rotatable bonds is 21. The molecule has 346 valence electrons. The molecule has 8 nitrogen and oxygen atoms in total. The predicted octanol–water partition coefficient (Wildman–Crippen LogP) is 9.10. The SMILES string of the molecule is C=CCO[C@H]1[C@H](C)O[C@@H](OCCCCO[C@H]2C[C@H](O[Si](c3ccccc3)(c3ccccc3)C(C)(C)C)[C@@H](OCC=C)[C@H](C)O2)C[C@@H]1O[Si](c1ccccc1)(c1ccccc1)C(C)(C)C. The third-order valence-corrected chi connectivity index (χ3v) is 22.8. The van der Waals surface area contributed by atoms with Crippen molar-refractivity contribution >= 4 is 37.4 Å². The van der Waals surface area contributed by atoms with Gasteiger partial charge in [-0.15, -0.1) is 13.2 Å². The van der Waals surface area contributed by atoms with Crippen LogP contribution in [0.15, 0.2) is 147 Å². The van der Waals surface area contributed by atoms with Crippen molar-refractivity contribution in [2.24, 2.45) is 0 Å². The fourth-order valence-corrected chi connectivity index (χ4v) is 19.2. The van der Waals surface area contributed by atoms with Crippen LogP contribution in [-0.4, -0.2) is 92.3 Å². The highest BCUT2D eigenvalue weighted by molar-refractivity contribution is 7.00. The summed E-state index contributed by atoms with van der Waals surface area (Å²) in [6.45, 7) is 27.6. The highest BCUT2D eigenvalue weighted by Crippen LogP contribution is 2.42. The highest BCUT2D eigenvalue weighted by Gasteiger charge is 2.55. The number of hydrogen-bond acceptors (Lipinski definition) is 8. The Morgan fingerprint density at radius 2 is 0.797 bits per heavy atom. The van der Waals surface area contributed by atoms with Gasteiger partial charge in [-0.05, 0) is 57.5 Å². The van der Waals surface area contributed by atoms with Crippen molar-refractivity contribution in [3.63, 3.8) is 0 Å². The smallest absolute Gasteiger partial charge is 0.261 e. The maximum Gasteiger partial charge on any atom is 0.261 e. The summed E-state index contributed by atoms with van der Waals surface area (Å²) in [5, 5.41) is 4.52. The number of unbranched alkanes of at least 4 members (excludes halogenated alkanes) is 1. The molecule has 2 saturated heterocycles. The van der Waals surface area contributed by atoms with Crippen LogP contribution in [0.3, 0.4) is 0 Å². The molecule has 2 heterocycles. The lowest BCUT2D eigenvalue weighted by Gasteiger charge is -2.49. The number of benzene rings is 4. The standard InChI is InChI=1S/C54H74O8Si2/c1-11-35-57-51-41(3)59-49(39-47(51)61-63(53(5,6)7,43-27-17-13-18-28-43)44-29-19-14-20-30-44)55-37-25-26-38-56-50-40-48(52(42(4)60-50)58-36-12-2)62-64(54(8,9)10,45-31-21-15-22-32-45)46-33-23-16-24-34-46/h11-24,27-34,41-42,47-52H,1-2,25-26,35-40H2,3-10H3/t41-,42-,47-,48-,49+,50+,51-,52-/m0/s1. The minimum atomic E-state index is -2.89. The largest absolute Gasteiger partial charge is 0.402 e. The molecule has 0 radical (unpaired) electrons. The molecule has 4 aromatic carbocycles. The normalized spacial score (nSPS) is 24.6. The van der Waals surface area contributed by atoms with Crippen LogP contribution in [0.1, 0.15) is 81.1 Å². The highest BCUT2D eigenvalue weighted by atomic mass is 28.4. The summed E-state index contributed by atoms with van der Waals surface area (Å²) in [6, 6.07) is 43.0. The fraction of sp³-hybridized carbons (Fsp3) is 0.481. The molecular formula is C54H74O8Si2. The molecular weight excluding hydrogens is 833 g/mol. The molecule has 2 fully saturated rings. The van der Waals surface area contributed by atoms with Crippen LogP contribution >= 0.6 is 0 Å². The van der Waals surface area contributed by atoms with Gasteiger partial charge in [0.05, 0.1) is 37.6 Å². The summed E-state index contributed by atoms with van der Waals surface area (Å²) in [4.78, 5) is 0. The Labute approximate surface area is 386 Å². The molecule has 6 rings (SSSR count). The van der Waals surface area contributed by atoms with E-state index in [0.29, 0.717) is 39.3 Å². The molecule has 0 bridgehead atoms. The Kier molecular flexibility index (Phi) is 17.8. The van der Waals surface area contributed by atoms with Crippen LogP contribution in [0.2, 0.25) is 10.1 Å². The average Bonchev–Trinajstić information content (AvgIpc) is 3.28. The predicted molar refractivity (Wildman–Crippen MR) is 264 cm³/mol. The van der Waals surface area contributed by atoms with Crippen molar-refractivity contribution in [3.05, 3.63) is 147 Å². The molecule has 0 aromatic heterocycles. The van der Waals surface area contributed by atoms with Crippen molar-refractivity contribution < 1.29 is 37.3 Å².